The Morgan fingerprint density at radius 2 is 1.76 bits per heavy atom. The highest BCUT2D eigenvalue weighted by Crippen LogP contribution is 2.34. The number of anilines is 1. The highest BCUT2D eigenvalue weighted by atomic mass is 32.2. The number of hydrogen-bond donors (Lipinski definition) is 1. The highest BCUT2D eigenvalue weighted by Gasteiger charge is 2.20. The molecule has 0 fully saturated rings. The van der Waals surface area contributed by atoms with Crippen LogP contribution in [0.1, 0.15) is 5.56 Å². The minimum atomic E-state index is -4.01. The fourth-order valence-electron chi connectivity index (χ4n) is 4.05. The summed E-state index contributed by atoms with van der Waals surface area (Å²) >= 11 is 0. The third-order valence-electron chi connectivity index (χ3n) is 5.98. The van der Waals surface area contributed by atoms with E-state index in [1.54, 1.807) is 19.1 Å². The largest absolute Gasteiger partial charge is 0.495 e. The zero-order valence-corrected chi connectivity index (χ0v) is 21.0. The minimum Gasteiger partial charge on any atom is -0.495 e. The fraction of sp³-hybridized carbons (Fsp3) is 0.0741. The van der Waals surface area contributed by atoms with Crippen LogP contribution in [-0.4, -0.2) is 30.3 Å². The summed E-state index contributed by atoms with van der Waals surface area (Å²) in [5.41, 5.74) is 0.770. The molecular formula is C27H20F2N4O4S. The number of aryl methyl sites for hydroxylation is 1. The van der Waals surface area contributed by atoms with Gasteiger partial charge in [-0.3, -0.25) is 14.1 Å². The van der Waals surface area contributed by atoms with Gasteiger partial charge in [-0.25, -0.2) is 17.2 Å². The summed E-state index contributed by atoms with van der Waals surface area (Å²) in [5.74, 6) is -0.959. The molecule has 2 heterocycles. The molecule has 0 aliphatic carbocycles. The second kappa shape index (κ2) is 9.67. The number of pyridine rings is 1. The summed E-state index contributed by atoms with van der Waals surface area (Å²) in [4.78, 5) is 12.9. The highest BCUT2D eigenvalue weighted by molar-refractivity contribution is 7.92. The van der Waals surface area contributed by atoms with E-state index in [0.29, 0.717) is 22.0 Å². The number of aromatic nitrogens is 3. The molecule has 0 bridgehead atoms. The summed E-state index contributed by atoms with van der Waals surface area (Å²) in [6.45, 7) is 1.61. The maximum atomic E-state index is 15.3. The molecule has 5 rings (SSSR count). The van der Waals surface area contributed by atoms with Gasteiger partial charge in [-0.1, -0.05) is 12.1 Å². The third kappa shape index (κ3) is 4.59. The number of nitrogens with zero attached hydrogens (tertiary/aromatic N) is 3. The van der Waals surface area contributed by atoms with E-state index in [1.165, 1.54) is 72.5 Å². The van der Waals surface area contributed by atoms with Crippen LogP contribution in [-0.2, 0) is 10.0 Å². The van der Waals surface area contributed by atoms with Gasteiger partial charge in [-0.2, -0.15) is 5.10 Å². The number of ether oxygens (including phenoxy) is 1. The smallest absolute Gasteiger partial charge is 0.263 e. The van der Waals surface area contributed by atoms with Crippen molar-refractivity contribution in [3.63, 3.8) is 0 Å². The third-order valence-corrected chi connectivity index (χ3v) is 7.33. The van der Waals surface area contributed by atoms with Gasteiger partial charge in [0.25, 0.3) is 15.6 Å². The van der Waals surface area contributed by atoms with Crippen LogP contribution < -0.4 is 15.0 Å². The van der Waals surface area contributed by atoms with E-state index in [2.05, 4.69) is 14.9 Å². The zero-order chi connectivity index (χ0) is 27.0. The average molecular weight is 535 g/mol. The summed E-state index contributed by atoms with van der Waals surface area (Å²) in [7, 11) is -2.64. The van der Waals surface area contributed by atoms with Crippen LogP contribution in [0.4, 0.5) is 14.6 Å². The van der Waals surface area contributed by atoms with Gasteiger partial charge in [0, 0.05) is 29.3 Å². The van der Waals surface area contributed by atoms with E-state index in [9.17, 15) is 17.6 Å². The normalized spacial score (nSPS) is 11.5. The molecule has 1 N–H and O–H groups in total. The van der Waals surface area contributed by atoms with Gasteiger partial charge in [-0.15, -0.1) is 5.10 Å². The van der Waals surface area contributed by atoms with Gasteiger partial charge in [0.2, 0.25) is 0 Å². The van der Waals surface area contributed by atoms with Crippen LogP contribution in [0.3, 0.4) is 0 Å². The number of hydrogen-bond acceptors (Lipinski definition) is 6. The second-order valence-corrected chi connectivity index (χ2v) is 10.1. The predicted molar refractivity (Wildman–Crippen MR) is 139 cm³/mol. The Morgan fingerprint density at radius 3 is 2.47 bits per heavy atom. The molecule has 0 aliphatic heterocycles. The average Bonchev–Trinajstić information content (AvgIpc) is 2.90. The van der Waals surface area contributed by atoms with Crippen molar-refractivity contribution < 1.29 is 21.9 Å². The van der Waals surface area contributed by atoms with Crippen molar-refractivity contribution in [2.24, 2.45) is 0 Å². The Kier molecular flexibility index (Phi) is 6.37. The van der Waals surface area contributed by atoms with Crippen LogP contribution in [0.5, 0.6) is 5.75 Å². The van der Waals surface area contributed by atoms with Crippen LogP contribution in [0.25, 0.3) is 27.7 Å². The number of rotatable bonds is 6. The number of sulfonamides is 1. The summed E-state index contributed by atoms with van der Waals surface area (Å²) in [6, 6.07) is 16.8. The van der Waals surface area contributed by atoms with Crippen molar-refractivity contribution in [2.75, 3.05) is 11.8 Å². The van der Waals surface area contributed by atoms with Crippen LogP contribution in [0.2, 0.25) is 0 Å². The minimum absolute atomic E-state index is 0.0475. The van der Waals surface area contributed by atoms with Crippen molar-refractivity contribution in [1.29, 1.82) is 0 Å². The fourth-order valence-corrected chi connectivity index (χ4v) is 5.09. The van der Waals surface area contributed by atoms with Gasteiger partial charge in [0.1, 0.15) is 17.4 Å². The number of benzene rings is 3. The van der Waals surface area contributed by atoms with Crippen molar-refractivity contribution in [2.45, 2.75) is 11.8 Å². The molecule has 0 unspecified atom stereocenters. The first kappa shape index (κ1) is 25.0. The van der Waals surface area contributed by atoms with Crippen molar-refractivity contribution in [3.05, 3.63) is 107 Å². The maximum Gasteiger partial charge on any atom is 0.263 e. The van der Waals surface area contributed by atoms with E-state index < -0.39 is 27.2 Å². The lowest BCUT2D eigenvalue weighted by atomic mass is 10.0. The monoisotopic (exact) mass is 534 g/mol. The van der Waals surface area contributed by atoms with Gasteiger partial charge >= 0.3 is 0 Å². The van der Waals surface area contributed by atoms with E-state index in [4.69, 9.17) is 4.74 Å². The quantitative estimate of drug-likeness (QED) is 0.334. The Labute approximate surface area is 216 Å². The first-order chi connectivity index (χ1) is 18.2. The molecular weight excluding hydrogens is 514 g/mol. The van der Waals surface area contributed by atoms with E-state index in [1.807, 2.05) is 0 Å². The molecule has 3 aromatic carbocycles. The summed E-state index contributed by atoms with van der Waals surface area (Å²) < 4.78 is 64.3. The van der Waals surface area contributed by atoms with Gasteiger partial charge in [0.15, 0.2) is 5.82 Å². The molecule has 0 aliphatic rings. The summed E-state index contributed by atoms with van der Waals surface area (Å²) in [6.07, 6.45) is 1.41. The molecule has 0 radical (unpaired) electrons. The zero-order valence-electron chi connectivity index (χ0n) is 20.1. The lowest BCUT2D eigenvalue weighted by molar-refractivity contribution is 0.412. The number of methoxy groups -OCH3 is 1. The van der Waals surface area contributed by atoms with Gasteiger partial charge < -0.3 is 4.74 Å². The molecule has 38 heavy (non-hydrogen) atoms. The summed E-state index contributed by atoms with van der Waals surface area (Å²) in [5, 5.41) is 7.78. The van der Waals surface area contributed by atoms with E-state index in [0.717, 1.165) is 6.07 Å². The maximum absolute atomic E-state index is 15.3. The topological polar surface area (TPSA) is 103 Å². The molecule has 192 valence electrons. The Bertz CT molecular complexity index is 1860. The Hall–Kier alpha value is -4.64. The standard InChI is InChI=1S/C27H20F2N4O4S/c1-16-5-6-17(13-21(16)28)20-14-25(37-2)24(15-22(20)29)33-23-9-8-19(12-18(23)7-10-27(33)34)38(35,36)32-26-4-3-11-30-31-26/h3-15H,1-2H3,(H,31,32). The first-order valence-corrected chi connectivity index (χ1v) is 12.8. The van der Waals surface area contributed by atoms with E-state index in [-0.39, 0.29) is 27.7 Å². The molecule has 0 saturated heterocycles. The lowest BCUT2D eigenvalue weighted by Gasteiger charge is -2.17. The lowest BCUT2D eigenvalue weighted by Crippen LogP contribution is -2.19. The van der Waals surface area contributed by atoms with Crippen molar-refractivity contribution >= 4 is 26.7 Å². The Balaban J connectivity index is 1.63. The second-order valence-electron chi connectivity index (χ2n) is 8.41. The predicted octanol–water partition coefficient (Wildman–Crippen LogP) is 4.84. The number of nitrogens with one attached hydrogen (secondary N) is 1. The van der Waals surface area contributed by atoms with Crippen LogP contribution in [0.15, 0.2) is 88.7 Å². The van der Waals surface area contributed by atoms with Gasteiger partial charge in [-0.05, 0) is 66.6 Å². The van der Waals surface area contributed by atoms with Crippen LogP contribution in [0, 0.1) is 18.6 Å². The van der Waals surface area contributed by atoms with Crippen molar-refractivity contribution in [1.82, 2.24) is 14.8 Å². The molecule has 5 aromatic rings. The number of halogens is 2. The Morgan fingerprint density at radius 1 is 0.947 bits per heavy atom. The molecule has 0 atom stereocenters. The van der Waals surface area contributed by atoms with Gasteiger partial charge in [0.05, 0.1) is 23.2 Å². The van der Waals surface area contributed by atoms with E-state index >= 15 is 4.39 Å². The van der Waals surface area contributed by atoms with Crippen molar-refractivity contribution in [3.8, 4) is 22.6 Å². The first-order valence-electron chi connectivity index (χ1n) is 11.3. The molecule has 8 nitrogen and oxygen atoms in total. The molecule has 2 aromatic heterocycles. The molecule has 0 spiro atoms. The SMILES string of the molecule is COc1cc(-c2ccc(C)c(F)c2)c(F)cc1-n1c(=O)ccc2cc(S(=O)(=O)Nc3cccnn3)ccc21. The van der Waals surface area contributed by atoms with Crippen LogP contribution >= 0.6 is 0 Å². The molecule has 0 saturated carbocycles. The molecule has 11 heteroatoms. The molecule has 0 amide bonds. The number of fused-ring (bicyclic) bond motifs is 1.